The Kier molecular flexibility index (Phi) is 1.98. The monoisotopic (exact) mass is 225 g/mol. The zero-order valence-electron chi connectivity index (χ0n) is 9.11. The summed E-state index contributed by atoms with van der Waals surface area (Å²) in [5, 5.41) is 0. The Hall–Kier alpha value is -2.56. The molecule has 3 aromatic rings. The summed E-state index contributed by atoms with van der Waals surface area (Å²) >= 11 is 0. The topological polar surface area (TPSA) is 61.7 Å². The Morgan fingerprint density at radius 2 is 2.12 bits per heavy atom. The quantitative estimate of drug-likeness (QED) is 0.673. The maximum atomic E-state index is 6.00. The maximum absolute atomic E-state index is 6.00. The van der Waals surface area contributed by atoms with E-state index in [2.05, 4.69) is 16.5 Å². The van der Waals surface area contributed by atoms with Crippen molar-refractivity contribution in [1.82, 2.24) is 19.2 Å². The highest BCUT2D eigenvalue weighted by molar-refractivity contribution is 5.77. The zero-order valence-corrected chi connectivity index (χ0v) is 9.11. The molecule has 0 saturated heterocycles. The van der Waals surface area contributed by atoms with Crippen LogP contribution in [0.4, 0.5) is 0 Å². The molecule has 2 N–H and O–H groups in total. The van der Waals surface area contributed by atoms with Crippen LogP contribution >= 0.6 is 0 Å². The van der Waals surface area contributed by atoms with Crippen LogP contribution in [-0.4, -0.2) is 19.2 Å². The van der Waals surface area contributed by atoms with Gasteiger partial charge in [0.1, 0.15) is 6.33 Å². The zero-order chi connectivity index (χ0) is 11.8. The minimum absolute atomic E-state index is 0.631. The number of nitrogens with two attached hydrogens (primary N) is 1. The van der Waals surface area contributed by atoms with Gasteiger partial charge < -0.3 is 5.84 Å². The van der Waals surface area contributed by atoms with Gasteiger partial charge >= 0.3 is 0 Å². The Morgan fingerprint density at radius 1 is 1.29 bits per heavy atom. The summed E-state index contributed by atoms with van der Waals surface area (Å²) in [7, 11) is 0. The van der Waals surface area contributed by atoms with Crippen LogP contribution in [0.2, 0.25) is 0 Å². The van der Waals surface area contributed by atoms with Crippen LogP contribution in [0.3, 0.4) is 0 Å². The Labute approximate surface area is 97.8 Å². The molecule has 84 valence electrons. The van der Waals surface area contributed by atoms with E-state index in [-0.39, 0.29) is 0 Å². The van der Waals surface area contributed by atoms with Crippen molar-refractivity contribution in [1.29, 1.82) is 0 Å². The fraction of sp³-hybridized carbons (Fsp3) is 0. The van der Waals surface area contributed by atoms with Crippen LogP contribution in [0.5, 0.6) is 0 Å². The number of hydrogen-bond acceptors (Lipinski definition) is 3. The molecule has 0 fully saturated rings. The second-order valence-electron chi connectivity index (χ2n) is 3.68. The molecule has 0 aliphatic heterocycles. The van der Waals surface area contributed by atoms with Gasteiger partial charge in [-0.1, -0.05) is 18.7 Å². The average molecular weight is 225 g/mol. The molecule has 17 heavy (non-hydrogen) atoms. The first-order valence-corrected chi connectivity index (χ1v) is 5.19. The van der Waals surface area contributed by atoms with Crippen LogP contribution < -0.4 is 5.84 Å². The van der Waals surface area contributed by atoms with Gasteiger partial charge in [0.2, 0.25) is 5.95 Å². The number of para-hydroxylation sites is 2. The molecular formula is C12H11N5. The molecular weight excluding hydrogens is 214 g/mol. The third-order valence-electron chi connectivity index (χ3n) is 2.62. The van der Waals surface area contributed by atoms with E-state index in [1.807, 2.05) is 30.5 Å². The van der Waals surface area contributed by atoms with Crippen molar-refractivity contribution < 1.29 is 0 Å². The lowest BCUT2D eigenvalue weighted by atomic mass is 10.3. The Morgan fingerprint density at radius 3 is 2.82 bits per heavy atom. The van der Waals surface area contributed by atoms with Gasteiger partial charge in [-0.15, -0.1) is 0 Å². The number of nitrogens with zero attached hydrogens (tertiary/aromatic N) is 4. The van der Waals surface area contributed by atoms with Gasteiger partial charge in [-0.3, -0.25) is 4.57 Å². The van der Waals surface area contributed by atoms with E-state index in [0.29, 0.717) is 5.95 Å². The summed E-state index contributed by atoms with van der Waals surface area (Å²) in [4.78, 5) is 8.62. The summed E-state index contributed by atoms with van der Waals surface area (Å²) in [5.74, 6) is 6.63. The van der Waals surface area contributed by atoms with Crippen LogP contribution in [0, 0.1) is 0 Å². The molecule has 5 nitrogen and oxygen atoms in total. The first-order chi connectivity index (χ1) is 8.29. The van der Waals surface area contributed by atoms with Crippen molar-refractivity contribution in [3.8, 4) is 5.95 Å². The third-order valence-corrected chi connectivity index (χ3v) is 2.62. The summed E-state index contributed by atoms with van der Waals surface area (Å²) in [6.45, 7) is 3.67. The molecule has 0 aliphatic rings. The molecule has 1 aromatic carbocycles. The molecule has 0 amide bonds. The number of rotatable bonds is 2. The van der Waals surface area contributed by atoms with E-state index in [9.17, 15) is 0 Å². The molecule has 2 aromatic heterocycles. The molecule has 2 heterocycles. The fourth-order valence-electron chi connectivity index (χ4n) is 1.77. The van der Waals surface area contributed by atoms with E-state index in [1.54, 1.807) is 21.6 Å². The number of hydrogen-bond donors (Lipinski definition) is 1. The predicted molar refractivity (Wildman–Crippen MR) is 67.1 cm³/mol. The van der Waals surface area contributed by atoms with Crippen LogP contribution in [-0.2, 0) is 0 Å². The highest BCUT2D eigenvalue weighted by atomic mass is 15.4. The summed E-state index contributed by atoms with van der Waals surface area (Å²) in [5.41, 5.74) is 2.53. The first kappa shape index (κ1) is 9.65. The van der Waals surface area contributed by atoms with E-state index >= 15 is 0 Å². The van der Waals surface area contributed by atoms with Crippen molar-refractivity contribution >= 4 is 17.1 Å². The van der Waals surface area contributed by atoms with E-state index in [0.717, 1.165) is 16.7 Å². The molecule has 0 radical (unpaired) electrons. The largest absolute Gasteiger partial charge is 0.336 e. The first-order valence-electron chi connectivity index (χ1n) is 5.19. The number of nitrogen functional groups attached to an aromatic ring is 1. The van der Waals surface area contributed by atoms with Gasteiger partial charge in [0.25, 0.3) is 0 Å². The molecule has 0 aliphatic carbocycles. The number of aromatic nitrogens is 4. The lowest BCUT2D eigenvalue weighted by Crippen LogP contribution is -2.13. The van der Waals surface area contributed by atoms with E-state index in [1.165, 1.54) is 0 Å². The number of fused-ring (bicyclic) bond motifs is 1. The Bertz CT molecular complexity index is 692. The standard InChI is InChI=1S/C12H11N5/c1-2-9-7-16(8-14-9)12-15-10-5-3-4-6-11(10)17(12)13/h2-8H,1,13H2. The van der Waals surface area contributed by atoms with Crippen molar-refractivity contribution in [3.05, 3.63) is 49.1 Å². The van der Waals surface area contributed by atoms with E-state index in [4.69, 9.17) is 5.84 Å². The normalized spacial score (nSPS) is 10.8. The molecule has 0 saturated carbocycles. The predicted octanol–water partition coefficient (Wildman–Crippen LogP) is 1.58. The van der Waals surface area contributed by atoms with Crippen molar-refractivity contribution in [2.45, 2.75) is 0 Å². The minimum atomic E-state index is 0.631. The minimum Gasteiger partial charge on any atom is -0.336 e. The molecule has 5 heteroatoms. The third kappa shape index (κ3) is 1.40. The highest BCUT2D eigenvalue weighted by Gasteiger charge is 2.09. The van der Waals surface area contributed by atoms with Gasteiger partial charge in [0.15, 0.2) is 0 Å². The lowest BCUT2D eigenvalue weighted by molar-refractivity contribution is 0.878. The van der Waals surface area contributed by atoms with Crippen molar-refractivity contribution in [3.63, 3.8) is 0 Å². The Balaban J connectivity index is 2.23. The maximum Gasteiger partial charge on any atom is 0.235 e. The van der Waals surface area contributed by atoms with Gasteiger partial charge in [-0.25, -0.2) is 14.6 Å². The van der Waals surface area contributed by atoms with Gasteiger partial charge in [0.05, 0.1) is 16.7 Å². The average Bonchev–Trinajstić information content (AvgIpc) is 2.95. The van der Waals surface area contributed by atoms with Crippen LogP contribution in [0.25, 0.3) is 23.1 Å². The molecule has 3 rings (SSSR count). The summed E-state index contributed by atoms with van der Waals surface area (Å²) in [6.07, 6.45) is 5.18. The van der Waals surface area contributed by atoms with Crippen molar-refractivity contribution in [2.24, 2.45) is 0 Å². The van der Waals surface area contributed by atoms with E-state index < -0.39 is 0 Å². The highest BCUT2D eigenvalue weighted by Crippen LogP contribution is 2.16. The number of imidazole rings is 2. The van der Waals surface area contributed by atoms with Crippen molar-refractivity contribution in [2.75, 3.05) is 5.84 Å². The SMILES string of the molecule is C=Cc1cn(-c2nc3ccccc3n2N)cn1. The van der Waals surface area contributed by atoms with Crippen LogP contribution in [0.1, 0.15) is 5.69 Å². The second-order valence-corrected chi connectivity index (χ2v) is 3.68. The lowest BCUT2D eigenvalue weighted by Gasteiger charge is -2.01. The molecule has 0 bridgehead atoms. The summed E-state index contributed by atoms with van der Waals surface area (Å²) < 4.78 is 3.32. The number of benzene rings is 1. The van der Waals surface area contributed by atoms with Crippen LogP contribution in [0.15, 0.2) is 43.4 Å². The van der Waals surface area contributed by atoms with Gasteiger partial charge in [-0.05, 0) is 18.2 Å². The summed E-state index contributed by atoms with van der Waals surface area (Å²) in [6, 6.07) is 7.72. The smallest absolute Gasteiger partial charge is 0.235 e. The van der Waals surface area contributed by atoms with Gasteiger partial charge in [0, 0.05) is 6.20 Å². The second kappa shape index (κ2) is 3.48. The molecule has 0 unspecified atom stereocenters. The molecule has 0 atom stereocenters. The fourth-order valence-corrected chi connectivity index (χ4v) is 1.77. The molecule has 0 spiro atoms. The van der Waals surface area contributed by atoms with Gasteiger partial charge in [-0.2, -0.15) is 0 Å².